The number of thiazole rings is 1. The van der Waals surface area contributed by atoms with Crippen LogP contribution in [0.2, 0.25) is 0 Å². The van der Waals surface area contributed by atoms with Crippen molar-refractivity contribution in [2.24, 2.45) is 0 Å². The van der Waals surface area contributed by atoms with Gasteiger partial charge in [-0.15, -0.1) is 11.3 Å². The van der Waals surface area contributed by atoms with Crippen LogP contribution in [0.1, 0.15) is 16.1 Å². The molecule has 31 heavy (non-hydrogen) atoms. The third-order valence-electron chi connectivity index (χ3n) is 5.19. The molecule has 2 aromatic heterocycles. The number of likely N-dealkylation sites (N-methyl/N-ethyl adjacent to an activating group) is 1. The van der Waals surface area contributed by atoms with E-state index in [9.17, 15) is 14.9 Å². The first kappa shape index (κ1) is 20.9. The van der Waals surface area contributed by atoms with Crippen LogP contribution < -0.4 is 10.2 Å². The molecular formula is C21H22N6O3S. The van der Waals surface area contributed by atoms with Crippen LogP contribution in [0.3, 0.4) is 0 Å². The lowest BCUT2D eigenvalue weighted by molar-refractivity contribution is -0.384. The first-order chi connectivity index (χ1) is 15.0. The molecular weight excluding hydrogens is 416 g/mol. The molecule has 4 rings (SSSR count). The predicted molar refractivity (Wildman–Crippen MR) is 119 cm³/mol. The molecule has 1 aromatic carbocycles. The largest absolute Gasteiger partial charge is 0.363 e. The number of aromatic nitrogens is 2. The minimum atomic E-state index is -0.425. The molecule has 1 N–H and O–H groups in total. The van der Waals surface area contributed by atoms with Gasteiger partial charge < -0.3 is 15.1 Å². The van der Waals surface area contributed by atoms with E-state index in [0.29, 0.717) is 18.8 Å². The summed E-state index contributed by atoms with van der Waals surface area (Å²) in [6, 6.07) is 8.42. The summed E-state index contributed by atoms with van der Waals surface area (Å²) in [6.45, 7) is 3.36. The Morgan fingerprint density at radius 1 is 1.19 bits per heavy atom. The number of pyridine rings is 1. The summed E-state index contributed by atoms with van der Waals surface area (Å²) >= 11 is 1.49. The van der Waals surface area contributed by atoms with Crippen molar-refractivity contribution in [2.45, 2.75) is 6.54 Å². The fraction of sp³-hybridized carbons (Fsp3) is 0.286. The molecule has 0 atom stereocenters. The fourth-order valence-corrected chi connectivity index (χ4v) is 4.24. The Bertz CT molecular complexity index is 1080. The van der Waals surface area contributed by atoms with Crippen LogP contribution >= 0.6 is 11.3 Å². The van der Waals surface area contributed by atoms with Gasteiger partial charge in [0.2, 0.25) is 0 Å². The Hall–Kier alpha value is -3.37. The number of rotatable bonds is 6. The quantitative estimate of drug-likeness (QED) is 0.466. The molecule has 9 nitrogen and oxygen atoms in total. The number of carbonyl (C=O) groups excluding carboxylic acids is 1. The predicted octanol–water partition coefficient (Wildman–Crippen LogP) is 2.80. The van der Waals surface area contributed by atoms with Crippen LogP contribution in [0.15, 0.2) is 48.1 Å². The van der Waals surface area contributed by atoms with E-state index < -0.39 is 4.92 Å². The van der Waals surface area contributed by atoms with Crippen LogP contribution in [-0.2, 0) is 6.54 Å². The second-order valence-electron chi connectivity index (χ2n) is 7.31. The van der Waals surface area contributed by atoms with Gasteiger partial charge in [-0.05, 0) is 31.3 Å². The number of nitro groups is 1. The lowest BCUT2D eigenvalue weighted by Gasteiger charge is -2.33. The van der Waals surface area contributed by atoms with Gasteiger partial charge in [0.05, 0.1) is 17.2 Å². The highest BCUT2D eigenvalue weighted by Gasteiger charge is 2.24. The second kappa shape index (κ2) is 9.19. The van der Waals surface area contributed by atoms with E-state index in [0.717, 1.165) is 29.4 Å². The van der Waals surface area contributed by atoms with E-state index in [1.54, 1.807) is 24.5 Å². The highest BCUT2D eigenvalue weighted by atomic mass is 32.1. The number of hydrogen-bond donors (Lipinski definition) is 1. The molecule has 0 aliphatic carbocycles. The van der Waals surface area contributed by atoms with Crippen LogP contribution in [0.4, 0.5) is 11.4 Å². The summed E-state index contributed by atoms with van der Waals surface area (Å²) in [6.07, 6.45) is 3.41. The van der Waals surface area contributed by atoms with E-state index in [1.165, 1.54) is 17.4 Å². The zero-order valence-corrected chi connectivity index (χ0v) is 17.8. The highest BCUT2D eigenvalue weighted by Crippen LogP contribution is 2.30. The molecule has 1 fully saturated rings. The molecule has 3 aromatic rings. The van der Waals surface area contributed by atoms with Crippen molar-refractivity contribution >= 4 is 28.6 Å². The van der Waals surface area contributed by atoms with Gasteiger partial charge in [-0.1, -0.05) is 0 Å². The topological polar surface area (TPSA) is 104 Å². The summed E-state index contributed by atoms with van der Waals surface area (Å²) in [5.41, 5.74) is 2.46. The van der Waals surface area contributed by atoms with Gasteiger partial charge in [0.15, 0.2) is 0 Å². The van der Waals surface area contributed by atoms with E-state index in [4.69, 9.17) is 0 Å². The molecule has 0 saturated carbocycles. The van der Waals surface area contributed by atoms with Crippen molar-refractivity contribution in [3.63, 3.8) is 0 Å². The number of nitrogens with zero attached hydrogens (tertiary/aromatic N) is 5. The smallest absolute Gasteiger partial charge is 0.293 e. The highest BCUT2D eigenvalue weighted by molar-refractivity contribution is 7.13. The van der Waals surface area contributed by atoms with E-state index >= 15 is 0 Å². The monoisotopic (exact) mass is 438 g/mol. The maximum absolute atomic E-state index is 12.6. The number of piperazine rings is 1. The van der Waals surface area contributed by atoms with Gasteiger partial charge in [0.25, 0.3) is 11.6 Å². The molecule has 3 heterocycles. The number of hydrogen-bond acceptors (Lipinski definition) is 8. The molecule has 1 aliphatic rings. The summed E-state index contributed by atoms with van der Waals surface area (Å²) < 4.78 is 0. The van der Waals surface area contributed by atoms with Crippen molar-refractivity contribution < 1.29 is 9.72 Å². The number of nitro benzene ring substituents is 1. The molecule has 1 amide bonds. The van der Waals surface area contributed by atoms with Crippen molar-refractivity contribution in [1.82, 2.24) is 20.2 Å². The van der Waals surface area contributed by atoms with Crippen LogP contribution in [0.5, 0.6) is 0 Å². The third kappa shape index (κ3) is 4.86. The van der Waals surface area contributed by atoms with Gasteiger partial charge in [0, 0.05) is 61.1 Å². The minimum Gasteiger partial charge on any atom is -0.363 e. The average molecular weight is 439 g/mol. The Labute approximate surface area is 183 Å². The Balaban J connectivity index is 1.44. The fourth-order valence-electron chi connectivity index (χ4n) is 3.41. The maximum Gasteiger partial charge on any atom is 0.293 e. The third-order valence-corrected chi connectivity index (χ3v) is 6.13. The first-order valence-corrected chi connectivity index (χ1v) is 10.7. The molecule has 1 aliphatic heterocycles. The maximum atomic E-state index is 12.6. The zero-order valence-electron chi connectivity index (χ0n) is 17.0. The van der Waals surface area contributed by atoms with Crippen LogP contribution in [0.25, 0.3) is 10.6 Å². The minimum absolute atomic E-state index is 0.0502. The van der Waals surface area contributed by atoms with Crippen molar-refractivity contribution in [2.75, 3.05) is 38.1 Å². The first-order valence-electron chi connectivity index (χ1n) is 9.86. The number of anilines is 1. The van der Waals surface area contributed by atoms with Crippen LogP contribution in [0, 0.1) is 10.1 Å². The lowest BCUT2D eigenvalue weighted by atomic mass is 10.1. The molecule has 10 heteroatoms. The molecule has 1 saturated heterocycles. The Kier molecular flexibility index (Phi) is 6.19. The number of nitrogens with one attached hydrogen (secondary N) is 1. The SMILES string of the molecule is CN1CCN(c2ccc(C(=O)NCc3csc(-c4ccncc4)n3)cc2[N+](=O)[O-])CC1. The lowest BCUT2D eigenvalue weighted by Crippen LogP contribution is -2.44. The van der Waals surface area contributed by atoms with Crippen molar-refractivity contribution in [3.8, 4) is 10.6 Å². The molecule has 0 unspecified atom stereocenters. The number of benzene rings is 1. The van der Waals surface area contributed by atoms with Gasteiger partial charge in [-0.3, -0.25) is 19.9 Å². The molecule has 0 spiro atoms. The summed E-state index contributed by atoms with van der Waals surface area (Å²) in [4.78, 5) is 36.5. The normalized spacial score (nSPS) is 14.4. The van der Waals surface area contributed by atoms with Gasteiger partial charge in [-0.25, -0.2) is 4.98 Å². The summed E-state index contributed by atoms with van der Waals surface area (Å²) in [5, 5.41) is 17.2. The number of carbonyl (C=O) groups is 1. The van der Waals surface area contributed by atoms with Crippen LogP contribution in [-0.4, -0.2) is 58.9 Å². The molecule has 0 radical (unpaired) electrons. The van der Waals surface area contributed by atoms with Gasteiger partial charge in [-0.2, -0.15) is 0 Å². The zero-order chi connectivity index (χ0) is 21.8. The van der Waals surface area contributed by atoms with Crippen molar-refractivity contribution in [1.29, 1.82) is 0 Å². The standard InChI is InChI=1S/C21H22N6O3S/c1-25-8-10-26(11-9-25)18-3-2-16(12-19(18)27(29)30)20(28)23-13-17-14-31-21(24-17)15-4-6-22-7-5-15/h2-7,12,14H,8-11,13H2,1H3,(H,23,28). The van der Waals surface area contributed by atoms with Crippen molar-refractivity contribution in [3.05, 3.63) is 69.5 Å². The van der Waals surface area contributed by atoms with Gasteiger partial charge in [0.1, 0.15) is 10.7 Å². The summed E-state index contributed by atoms with van der Waals surface area (Å²) in [5.74, 6) is -0.369. The van der Waals surface area contributed by atoms with E-state index in [-0.39, 0.29) is 23.7 Å². The van der Waals surface area contributed by atoms with E-state index in [2.05, 4.69) is 20.2 Å². The average Bonchev–Trinajstić information content (AvgIpc) is 3.27. The Morgan fingerprint density at radius 2 is 1.94 bits per heavy atom. The molecule has 160 valence electrons. The van der Waals surface area contributed by atoms with Gasteiger partial charge >= 0.3 is 0 Å². The van der Waals surface area contributed by atoms with E-state index in [1.807, 2.05) is 29.5 Å². The number of amides is 1. The Morgan fingerprint density at radius 3 is 2.65 bits per heavy atom. The molecule has 0 bridgehead atoms. The second-order valence-corrected chi connectivity index (χ2v) is 8.17. The summed E-state index contributed by atoms with van der Waals surface area (Å²) in [7, 11) is 2.03.